The van der Waals surface area contributed by atoms with Gasteiger partial charge in [-0.15, -0.1) is 0 Å². The smallest absolute Gasteiger partial charge is 0.196 e. The summed E-state index contributed by atoms with van der Waals surface area (Å²) in [6.45, 7) is 5.48. The molecule has 1 saturated heterocycles. The third-order valence-electron chi connectivity index (χ3n) is 3.96. The van der Waals surface area contributed by atoms with Gasteiger partial charge in [-0.1, -0.05) is 12.8 Å². The lowest BCUT2D eigenvalue weighted by Crippen LogP contribution is -2.39. The minimum atomic E-state index is 0.888. The zero-order valence-electron chi connectivity index (χ0n) is 10.9. The molecule has 1 heterocycles. The van der Waals surface area contributed by atoms with E-state index in [1.807, 2.05) is 0 Å². The summed E-state index contributed by atoms with van der Waals surface area (Å²) < 4.78 is 0. The number of hydrogen-bond donors (Lipinski definition) is 0. The van der Waals surface area contributed by atoms with Crippen LogP contribution >= 0.6 is 0 Å². The lowest BCUT2D eigenvalue weighted by molar-refractivity contribution is 0.299. The highest BCUT2D eigenvalue weighted by molar-refractivity contribution is 5.80. The van der Waals surface area contributed by atoms with E-state index in [0.717, 1.165) is 18.4 Å². The molecule has 3 heteroatoms. The van der Waals surface area contributed by atoms with Gasteiger partial charge in [0.15, 0.2) is 5.96 Å². The zero-order valence-corrected chi connectivity index (χ0v) is 10.9. The number of aliphatic imine (C=N–C) groups is 1. The van der Waals surface area contributed by atoms with Crippen LogP contribution in [0.4, 0.5) is 0 Å². The maximum absolute atomic E-state index is 4.63. The molecule has 0 spiro atoms. The molecule has 2 aliphatic rings. The van der Waals surface area contributed by atoms with E-state index in [-0.39, 0.29) is 0 Å². The Balaban J connectivity index is 2.02. The summed E-state index contributed by atoms with van der Waals surface area (Å²) >= 11 is 0. The van der Waals surface area contributed by atoms with Crippen LogP contribution in [0.25, 0.3) is 0 Å². The summed E-state index contributed by atoms with van der Waals surface area (Å²) in [6.07, 6.45) is 5.76. The molecule has 2 rings (SSSR count). The number of nitrogens with zero attached hydrogens (tertiary/aromatic N) is 3. The fraction of sp³-hybridized carbons (Fsp3) is 0.923. The van der Waals surface area contributed by atoms with E-state index < -0.39 is 0 Å². The van der Waals surface area contributed by atoms with Crippen LogP contribution in [0.3, 0.4) is 0 Å². The predicted molar refractivity (Wildman–Crippen MR) is 68.7 cm³/mol. The van der Waals surface area contributed by atoms with Crippen molar-refractivity contribution in [3.63, 3.8) is 0 Å². The van der Waals surface area contributed by atoms with Crippen LogP contribution in [0.2, 0.25) is 0 Å². The van der Waals surface area contributed by atoms with Gasteiger partial charge >= 0.3 is 0 Å². The van der Waals surface area contributed by atoms with Crippen molar-refractivity contribution in [2.75, 3.05) is 33.7 Å². The van der Waals surface area contributed by atoms with Crippen molar-refractivity contribution in [2.24, 2.45) is 16.8 Å². The molecular formula is C13H25N3. The molecule has 2 unspecified atom stereocenters. The first kappa shape index (κ1) is 11.7. The van der Waals surface area contributed by atoms with Crippen LogP contribution in [0.15, 0.2) is 4.99 Å². The predicted octanol–water partition coefficient (Wildman–Crippen LogP) is 2.05. The third-order valence-corrected chi connectivity index (χ3v) is 3.96. The Labute approximate surface area is 99.5 Å². The zero-order chi connectivity index (χ0) is 11.5. The van der Waals surface area contributed by atoms with Crippen LogP contribution in [0, 0.1) is 11.8 Å². The highest BCUT2D eigenvalue weighted by Gasteiger charge is 2.35. The lowest BCUT2D eigenvalue weighted by Gasteiger charge is -2.26. The molecule has 92 valence electrons. The summed E-state index contributed by atoms with van der Waals surface area (Å²) in [4.78, 5) is 9.30. The Hall–Kier alpha value is -0.730. The molecule has 1 saturated carbocycles. The Kier molecular flexibility index (Phi) is 3.72. The molecule has 0 aromatic rings. The van der Waals surface area contributed by atoms with Gasteiger partial charge in [-0.05, 0) is 31.6 Å². The lowest BCUT2D eigenvalue weighted by atomic mass is 9.82. The van der Waals surface area contributed by atoms with E-state index in [9.17, 15) is 0 Å². The van der Waals surface area contributed by atoms with Crippen LogP contribution < -0.4 is 0 Å². The number of likely N-dealkylation sites (tertiary alicyclic amines) is 1. The van der Waals surface area contributed by atoms with Crippen LogP contribution in [-0.2, 0) is 0 Å². The van der Waals surface area contributed by atoms with Crippen LogP contribution in [0.1, 0.15) is 32.6 Å². The van der Waals surface area contributed by atoms with E-state index in [2.05, 4.69) is 35.8 Å². The van der Waals surface area contributed by atoms with Crippen molar-refractivity contribution in [1.29, 1.82) is 0 Å². The molecule has 0 aromatic heterocycles. The highest BCUT2D eigenvalue weighted by atomic mass is 15.4. The Morgan fingerprint density at radius 1 is 1.19 bits per heavy atom. The second-order valence-electron chi connectivity index (χ2n) is 5.38. The van der Waals surface area contributed by atoms with E-state index in [1.54, 1.807) is 0 Å². The fourth-order valence-electron chi connectivity index (χ4n) is 3.23. The molecule has 2 fully saturated rings. The number of fused-ring (bicyclic) bond motifs is 1. The van der Waals surface area contributed by atoms with Crippen molar-refractivity contribution >= 4 is 5.96 Å². The molecule has 1 aliphatic carbocycles. The van der Waals surface area contributed by atoms with Crippen molar-refractivity contribution < 1.29 is 0 Å². The second kappa shape index (κ2) is 5.07. The normalized spacial score (nSPS) is 30.4. The standard InChI is InChI=1S/C13H25N3/c1-4-14-13(15(2)3)16-9-11-7-5-6-8-12(11)10-16/h11-12H,4-10H2,1-3H3. The summed E-state index contributed by atoms with van der Waals surface area (Å²) in [5.74, 6) is 3.07. The van der Waals surface area contributed by atoms with Crippen molar-refractivity contribution in [2.45, 2.75) is 32.6 Å². The number of guanidine groups is 1. The quantitative estimate of drug-likeness (QED) is 0.500. The Bertz CT molecular complexity index is 246. The van der Waals surface area contributed by atoms with E-state index in [0.29, 0.717) is 0 Å². The van der Waals surface area contributed by atoms with E-state index in [1.165, 1.54) is 44.7 Å². The van der Waals surface area contributed by atoms with Crippen molar-refractivity contribution in [3.8, 4) is 0 Å². The minimum Gasteiger partial charge on any atom is -0.349 e. The van der Waals surface area contributed by atoms with Gasteiger partial charge in [0.05, 0.1) is 0 Å². The largest absolute Gasteiger partial charge is 0.349 e. The summed E-state index contributed by atoms with van der Waals surface area (Å²) in [6, 6.07) is 0. The van der Waals surface area contributed by atoms with Gasteiger partial charge in [-0.25, -0.2) is 0 Å². The molecule has 3 nitrogen and oxygen atoms in total. The molecule has 0 radical (unpaired) electrons. The van der Waals surface area contributed by atoms with E-state index in [4.69, 9.17) is 0 Å². The molecule has 0 aromatic carbocycles. The highest BCUT2D eigenvalue weighted by Crippen LogP contribution is 2.36. The maximum Gasteiger partial charge on any atom is 0.196 e. The first-order valence-electron chi connectivity index (χ1n) is 6.69. The van der Waals surface area contributed by atoms with Crippen LogP contribution in [0.5, 0.6) is 0 Å². The molecule has 0 amide bonds. The average Bonchev–Trinajstić information content (AvgIpc) is 2.68. The van der Waals surface area contributed by atoms with Gasteiger partial charge in [-0.2, -0.15) is 0 Å². The number of rotatable bonds is 1. The maximum atomic E-state index is 4.63. The third kappa shape index (κ3) is 2.33. The fourth-order valence-corrected chi connectivity index (χ4v) is 3.23. The van der Waals surface area contributed by atoms with Gasteiger partial charge in [0.25, 0.3) is 0 Å². The van der Waals surface area contributed by atoms with Gasteiger partial charge in [0, 0.05) is 33.7 Å². The average molecular weight is 223 g/mol. The number of hydrogen-bond acceptors (Lipinski definition) is 1. The summed E-state index contributed by atoms with van der Waals surface area (Å²) in [5, 5.41) is 0. The SMILES string of the molecule is CCN=C(N(C)C)N1CC2CCCCC2C1. The summed E-state index contributed by atoms with van der Waals surface area (Å²) in [5.41, 5.74) is 0. The molecular weight excluding hydrogens is 198 g/mol. The molecule has 0 bridgehead atoms. The van der Waals surface area contributed by atoms with Gasteiger partial charge < -0.3 is 9.80 Å². The molecule has 16 heavy (non-hydrogen) atoms. The van der Waals surface area contributed by atoms with E-state index >= 15 is 0 Å². The topological polar surface area (TPSA) is 18.8 Å². The first-order chi connectivity index (χ1) is 7.72. The molecule has 1 aliphatic heterocycles. The van der Waals surface area contributed by atoms with Gasteiger partial charge in [-0.3, -0.25) is 4.99 Å². The van der Waals surface area contributed by atoms with Crippen LogP contribution in [-0.4, -0.2) is 49.5 Å². The monoisotopic (exact) mass is 223 g/mol. The molecule has 2 atom stereocenters. The minimum absolute atomic E-state index is 0.888. The van der Waals surface area contributed by atoms with Gasteiger partial charge in [0.1, 0.15) is 0 Å². The van der Waals surface area contributed by atoms with Crippen molar-refractivity contribution in [1.82, 2.24) is 9.80 Å². The summed E-state index contributed by atoms with van der Waals surface area (Å²) in [7, 11) is 4.22. The van der Waals surface area contributed by atoms with Crippen molar-refractivity contribution in [3.05, 3.63) is 0 Å². The Morgan fingerprint density at radius 3 is 2.19 bits per heavy atom. The second-order valence-corrected chi connectivity index (χ2v) is 5.38. The molecule has 0 N–H and O–H groups in total. The first-order valence-corrected chi connectivity index (χ1v) is 6.69. The van der Waals surface area contributed by atoms with Gasteiger partial charge in [0.2, 0.25) is 0 Å². The Morgan fingerprint density at radius 2 is 1.75 bits per heavy atom.